The average molecular weight is 251 g/mol. The zero-order valence-corrected chi connectivity index (χ0v) is 10.9. The van der Waals surface area contributed by atoms with Crippen LogP contribution in [0, 0.1) is 0 Å². The van der Waals surface area contributed by atoms with E-state index in [0.717, 1.165) is 13.1 Å². The molecule has 2 rings (SSSR count). The molecule has 0 saturated heterocycles. The lowest BCUT2D eigenvalue weighted by Gasteiger charge is -2.17. The minimum absolute atomic E-state index is 0.591. The van der Waals surface area contributed by atoms with Crippen LogP contribution in [0.15, 0.2) is 0 Å². The fourth-order valence-electron chi connectivity index (χ4n) is 1.65. The number of hydrogen-bond donors (Lipinski definition) is 0. The van der Waals surface area contributed by atoms with Crippen LogP contribution in [-0.4, -0.2) is 58.4 Å². The Morgan fingerprint density at radius 3 is 2.00 bits per heavy atom. The van der Waals surface area contributed by atoms with Crippen LogP contribution in [-0.2, 0) is 13.2 Å². The van der Waals surface area contributed by atoms with Crippen molar-refractivity contribution in [3.05, 3.63) is 0 Å². The number of tetrazole rings is 2. The Morgan fingerprint density at radius 1 is 0.889 bits per heavy atom. The molecule has 0 N–H and O–H groups in total. The van der Waals surface area contributed by atoms with Gasteiger partial charge in [0, 0.05) is 6.54 Å². The van der Waals surface area contributed by atoms with E-state index in [-0.39, 0.29) is 0 Å². The summed E-state index contributed by atoms with van der Waals surface area (Å²) in [6.45, 7) is 9.36. The molecule has 0 spiro atoms. The summed E-state index contributed by atoms with van der Waals surface area (Å²) < 4.78 is 3.38. The maximum absolute atomic E-state index is 4.00. The fraction of sp³-hybridized carbons (Fsp3) is 0.778. The molecule has 18 heavy (non-hydrogen) atoms. The Bertz CT molecular complexity index is 484. The maximum atomic E-state index is 4.00. The lowest BCUT2D eigenvalue weighted by atomic mass is 10.5. The predicted octanol–water partition coefficient (Wildman–Crippen LogP) is -0.354. The van der Waals surface area contributed by atoms with Gasteiger partial charge in [-0.05, 0) is 40.9 Å². The minimum atomic E-state index is 0.591. The molecule has 98 valence electrons. The van der Waals surface area contributed by atoms with Gasteiger partial charge in [-0.3, -0.25) is 4.90 Å². The summed E-state index contributed by atoms with van der Waals surface area (Å²) in [5.74, 6) is 1.18. The van der Waals surface area contributed by atoms with Crippen molar-refractivity contribution in [1.82, 2.24) is 45.3 Å². The van der Waals surface area contributed by atoms with Crippen molar-refractivity contribution < 1.29 is 0 Å². The second-order valence-corrected chi connectivity index (χ2v) is 3.76. The van der Waals surface area contributed by atoms with Crippen LogP contribution in [0.4, 0.5) is 0 Å². The molecule has 9 nitrogen and oxygen atoms in total. The SMILES string of the molecule is CCN(CC)Cn1nnnc1-c1nnnn1CC. The molecule has 2 heterocycles. The highest BCUT2D eigenvalue weighted by molar-refractivity contribution is 5.40. The quantitative estimate of drug-likeness (QED) is 0.692. The monoisotopic (exact) mass is 251 g/mol. The Morgan fingerprint density at radius 2 is 1.44 bits per heavy atom. The number of rotatable bonds is 6. The molecule has 9 heteroatoms. The van der Waals surface area contributed by atoms with Crippen LogP contribution in [0.3, 0.4) is 0 Å². The van der Waals surface area contributed by atoms with Crippen molar-refractivity contribution in [1.29, 1.82) is 0 Å². The number of nitrogens with zero attached hydrogens (tertiary/aromatic N) is 9. The normalized spacial score (nSPS) is 11.3. The van der Waals surface area contributed by atoms with Crippen molar-refractivity contribution in [2.45, 2.75) is 34.0 Å². The molecule has 0 saturated carbocycles. The van der Waals surface area contributed by atoms with E-state index in [9.17, 15) is 0 Å². The molecule has 0 unspecified atom stereocenters. The van der Waals surface area contributed by atoms with Gasteiger partial charge < -0.3 is 0 Å². The van der Waals surface area contributed by atoms with Crippen LogP contribution in [0.25, 0.3) is 11.6 Å². The third-order valence-corrected chi connectivity index (χ3v) is 2.79. The van der Waals surface area contributed by atoms with Crippen LogP contribution in [0.5, 0.6) is 0 Å². The van der Waals surface area contributed by atoms with Crippen molar-refractivity contribution in [3.63, 3.8) is 0 Å². The topological polar surface area (TPSA) is 90.4 Å². The molecule has 0 aliphatic heterocycles. The number of hydrogen-bond acceptors (Lipinski definition) is 7. The number of aryl methyl sites for hydroxylation is 1. The summed E-state index contributed by atoms with van der Waals surface area (Å²) in [5, 5.41) is 23.2. The molecule has 0 aliphatic carbocycles. The first kappa shape index (κ1) is 12.6. The summed E-state index contributed by atoms with van der Waals surface area (Å²) in [6.07, 6.45) is 0. The van der Waals surface area contributed by atoms with E-state index < -0.39 is 0 Å². The Kier molecular flexibility index (Phi) is 3.92. The van der Waals surface area contributed by atoms with Gasteiger partial charge in [0.15, 0.2) is 0 Å². The third-order valence-electron chi connectivity index (χ3n) is 2.79. The molecule has 0 radical (unpaired) electrons. The van der Waals surface area contributed by atoms with E-state index in [0.29, 0.717) is 24.9 Å². The lowest BCUT2D eigenvalue weighted by Crippen LogP contribution is -2.27. The first-order valence-corrected chi connectivity index (χ1v) is 6.05. The molecule has 0 atom stereocenters. The van der Waals surface area contributed by atoms with Gasteiger partial charge >= 0.3 is 0 Å². The van der Waals surface area contributed by atoms with Gasteiger partial charge in [0.1, 0.15) is 0 Å². The van der Waals surface area contributed by atoms with Gasteiger partial charge in [0.05, 0.1) is 6.67 Å². The minimum Gasteiger partial charge on any atom is -0.285 e. The van der Waals surface area contributed by atoms with E-state index in [1.54, 1.807) is 9.36 Å². The molecular weight excluding hydrogens is 234 g/mol. The molecule has 0 amide bonds. The second-order valence-electron chi connectivity index (χ2n) is 3.76. The van der Waals surface area contributed by atoms with Gasteiger partial charge in [-0.15, -0.1) is 10.2 Å². The van der Waals surface area contributed by atoms with E-state index >= 15 is 0 Å². The fourth-order valence-corrected chi connectivity index (χ4v) is 1.65. The molecular formula is C9H17N9. The summed E-state index contributed by atoms with van der Waals surface area (Å²) in [4.78, 5) is 2.21. The zero-order chi connectivity index (χ0) is 13.0. The molecule has 2 aromatic rings. The van der Waals surface area contributed by atoms with Gasteiger partial charge in [-0.2, -0.15) is 0 Å². The standard InChI is InChI=1S/C9H17N9/c1-4-16(5-2)7-18-9(11-13-15-18)8-10-12-14-17(8)6-3/h4-7H2,1-3H3. The van der Waals surface area contributed by atoms with Gasteiger partial charge in [0.25, 0.3) is 0 Å². The van der Waals surface area contributed by atoms with Crippen LogP contribution in [0.2, 0.25) is 0 Å². The van der Waals surface area contributed by atoms with Crippen LogP contribution >= 0.6 is 0 Å². The third kappa shape index (κ3) is 2.35. The summed E-state index contributed by atoms with van der Waals surface area (Å²) in [6, 6.07) is 0. The molecule has 0 aliphatic rings. The highest BCUT2D eigenvalue weighted by Crippen LogP contribution is 2.11. The first-order chi connectivity index (χ1) is 8.80. The molecule has 0 fully saturated rings. The van der Waals surface area contributed by atoms with E-state index in [1.165, 1.54) is 0 Å². The highest BCUT2D eigenvalue weighted by atomic mass is 15.6. The largest absolute Gasteiger partial charge is 0.285 e. The average Bonchev–Trinajstić information content (AvgIpc) is 3.03. The van der Waals surface area contributed by atoms with Crippen LogP contribution < -0.4 is 0 Å². The number of aromatic nitrogens is 8. The molecule has 2 aromatic heterocycles. The summed E-state index contributed by atoms with van der Waals surface area (Å²) >= 11 is 0. The summed E-state index contributed by atoms with van der Waals surface area (Å²) in [7, 11) is 0. The maximum Gasteiger partial charge on any atom is 0.222 e. The van der Waals surface area contributed by atoms with Crippen LogP contribution in [0.1, 0.15) is 20.8 Å². The zero-order valence-electron chi connectivity index (χ0n) is 10.9. The van der Waals surface area contributed by atoms with Crippen molar-refractivity contribution in [2.75, 3.05) is 13.1 Å². The summed E-state index contributed by atoms with van der Waals surface area (Å²) in [5.41, 5.74) is 0. The highest BCUT2D eigenvalue weighted by Gasteiger charge is 2.17. The van der Waals surface area contributed by atoms with Gasteiger partial charge in [-0.25, -0.2) is 9.36 Å². The smallest absolute Gasteiger partial charge is 0.222 e. The first-order valence-electron chi connectivity index (χ1n) is 6.05. The lowest BCUT2D eigenvalue weighted by molar-refractivity contribution is 0.228. The molecule has 0 bridgehead atoms. The van der Waals surface area contributed by atoms with Crippen molar-refractivity contribution >= 4 is 0 Å². The van der Waals surface area contributed by atoms with Crippen molar-refractivity contribution in [2.24, 2.45) is 0 Å². The Balaban J connectivity index is 2.27. The van der Waals surface area contributed by atoms with Gasteiger partial charge in [0.2, 0.25) is 11.6 Å². The Hall–Kier alpha value is -1.90. The van der Waals surface area contributed by atoms with Crippen molar-refractivity contribution in [3.8, 4) is 11.6 Å². The van der Waals surface area contributed by atoms with E-state index in [4.69, 9.17) is 0 Å². The van der Waals surface area contributed by atoms with Gasteiger partial charge in [-0.1, -0.05) is 13.8 Å². The second kappa shape index (κ2) is 5.63. The van der Waals surface area contributed by atoms with E-state index in [1.807, 2.05) is 6.92 Å². The van der Waals surface area contributed by atoms with E-state index in [2.05, 4.69) is 49.8 Å². The Labute approximate surface area is 105 Å². The predicted molar refractivity (Wildman–Crippen MR) is 63.2 cm³/mol. The molecule has 0 aromatic carbocycles.